The maximum Gasteiger partial charge on any atom is 0.259 e. The van der Waals surface area contributed by atoms with Crippen molar-refractivity contribution >= 4 is 23.9 Å². The van der Waals surface area contributed by atoms with Crippen molar-refractivity contribution in [1.82, 2.24) is 5.43 Å². The molecule has 2 aromatic carbocycles. The summed E-state index contributed by atoms with van der Waals surface area (Å²) in [4.78, 5) is 11.6. The Labute approximate surface area is 130 Å². The highest BCUT2D eigenvalue weighted by molar-refractivity contribution is 5.83. The first kappa shape index (κ1) is 15.5. The van der Waals surface area contributed by atoms with Gasteiger partial charge in [0.05, 0.1) is 6.54 Å². The van der Waals surface area contributed by atoms with Crippen LogP contribution < -0.4 is 10.7 Å². The van der Waals surface area contributed by atoms with Gasteiger partial charge in [0.25, 0.3) is 5.91 Å². The van der Waals surface area contributed by atoms with Crippen molar-refractivity contribution in [2.24, 2.45) is 5.10 Å². The molecule has 4 nitrogen and oxygen atoms in total. The molecule has 0 aliphatic carbocycles. The van der Waals surface area contributed by atoms with E-state index < -0.39 is 0 Å². The van der Waals surface area contributed by atoms with E-state index in [1.807, 2.05) is 67.6 Å². The lowest BCUT2D eigenvalue weighted by Crippen LogP contribution is -2.25. The van der Waals surface area contributed by atoms with Crippen LogP contribution in [0, 0.1) is 6.92 Å². The van der Waals surface area contributed by atoms with Crippen LogP contribution in [0.1, 0.15) is 11.1 Å². The molecule has 0 saturated carbocycles. The minimum atomic E-state index is -0.187. The molecule has 2 aromatic rings. The van der Waals surface area contributed by atoms with Gasteiger partial charge in [0, 0.05) is 11.9 Å². The van der Waals surface area contributed by atoms with E-state index in [4.69, 9.17) is 0 Å². The van der Waals surface area contributed by atoms with Crippen LogP contribution in [0.25, 0.3) is 6.08 Å². The lowest BCUT2D eigenvalue weighted by molar-refractivity contribution is -0.119. The van der Waals surface area contributed by atoms with Gasteiger partial charge in [-0.05, 0) is 30.2 Å². The van der Waals surface area contributed by atoms with Crippen LogP contribution in [0.15, 0.2) is 65.8 Å². The zero-order valence-electron chi connectivity index (χ0n) is 12.5. The van der Waals surface area contributed by atoms with Crippen molar-refractivity contribution in [3.8, 4) is 0 Å². The number of carbonyl (C=O) groups excluding carboxylic acids is 1. The van der Waals surface area contributed by atoms with Gasteiger partial charge in [-0.25, -0.2) is 5.43 Å². The van der Waals surface area contributed by atoms with Gasteiger partial charge in [-0.3, -0.25) is 4.79 Å². The Balaban J connectivity index is 1.73. The Morgan fingerprint density at radius 1 is 1.09 bits per heavy atom. The van der Waals surface area contributed by atoms with Crippen molar-refractivity contribution in [3.05, 3.63) is 71.8 Å². The first-order valence-corrected chi connectivity index (χ1v) is 7.09. The number of carbonyl (C=O) groups is 1. The van der Waals surface area contributed by atoms with Gasteiger partial charge in [-0.2, -0.15) is 5.10 Å². The fourth-order valence-corrected chi connectivity index (χ4v) is 1.86. The third kappa shape index (κ3) is 5.25. The number of anilines is 1. The van der Waals surface area contributed by atoms with E-state index in [1.54, 1.807) is 12.3 Å². The number of nitrogens with one attached hydrogen (secondary N) is 2. The van der Waals surface area contributed by atoms with Gasteiger partial charge in [0.1, 0.15) is 0 Å². The quantitative estimate of drug-likeness (QED) is 0.634. The van der Waals surface area contributed by atoms with Crippen molar-refractivity contribution in [1.29, 1.82) is 0 Å². The predicted octanol–water partition coefficient (Wildman–Crippen LogP) is 3.22. The molecule has 0 aliphatic heterocycles. The number of benzene rings is 2. The first-order valence-electron chi connectivity index (χ1n) is 7.09. The number of hydrogen-bond acceptors (Lipinski definition) is 3. The predicted molar refractivity (Wildman–Crippen MR) is 91.8 cm³/mol. The summed E-state index contributed by atoms with van der Waals surface area (Å²) in [5.74, 6) is -0.187. The highest BCUT2D eigenvalue weighted by Gasteiger charge is 2.00. The third-order valence-corrected chi connectivity index (χ3v) is 3.02. The second-order valence-corrected chi connectivity index (χ2v) is 4.75. The van der Waals surface area contributed by atoms with Gasteiger partial charge in [-0.1, -0.05) is 54.6 Å². The van der Waals surface area contributed by atoms with Crippen LogP contribution in [0.5, 0.6) is 0 Å². The summed E-state index contributed by atoms with van der Waals surface area (Å²) in [5.41, 5.74) is 5.61. The summed E-state index contributed by atoms with van der Waals surface area (Å²) < 4.78 is 0. The smallest absolute Gasteiger partial charge is 0.259 e. The zero-order chi connectivity index (χ0) is 15.6. The fraction of sp³-hybridized carbons (Fsp3) is 0.111. The Kier molecular flexibility index (Phi) is 5.93. The minimum absolute atomic E-state index is 0.185. The summed E-state index contributed by atoms with van der Waals surface area (Å²) in [6.07, 6.45) is 5.25. The SMILES string of the molecule is Cc1ccccc1NCC(=O)NN=CC=Cc1ccccc1. The van der Waals surface area contributed by atoms with E-state index in [0.717, 1.165) is 16.8 Å². The minimum Gasteiger partial charge on any atom is -0.376 e. The molecule has 0 bridgehead atoms. The lowest BCUT2D eigenvalue weighted by atomic mass is 10.2. The van der Waals surface area contributed by atoms with Gasteiger partial charge in [0.15, 0.2) is 0 Å². The van der Waals surface area contributed by atoms with Gasteiger partial charge in [0.2, 0.25) is 0 Å². The number of allylic oxidation sites excluding steroid dienone is 1. The standard InChI is InChI=1S/C18H19N3O/c1-15-8-5-6-12-17(15)19-14-18(22)21-20-13-7-11-16-9-3-2-4-10-16/h2-13,19H,14H2,1H3,(H,21,22). The Morgan fingerprint density at radius 3 is 2.59 bits per heavy atom. The van der Waals surface area contributed by atoms with Crippen molar-refractivity contribution in [3.63, 3.8) is 0 Å². The zero-order valence-corrected chi connectivity index (χ0v) is 12.5. The number of para-hydroxylation sites is 1. The Morgan fingerprint density at radius 2 is 1.82 bits per heavy atom. The molecule has 2 N–H and O–H groups in total. The van der Waals surface area contributed by atoms with Crippen molar-refractivity contribution in [2.45, 2.75) is 6.92 Å². The van der Waals surface area contributed by atoms with Gasteiger partial charge >= 0.3 is 0 Å². The molecule has 2 rings (SSSR count). The average molecular weight is 293 g/mol. The van der Waals surface area contributed by atoms with Crippen LogP contribution >= 0.6 is 0 Å². The molecule has 22 heavy (non-hydrogen) atoms. The van der Waals surface area contributed by atoms with Gasteiger partial charge in [-0.15, -0.1) is 0 Å². The summed E-state index contributed by atoms with van der Waals surface area (Å²) in [5, 5.41) is 6.95. The third-order valence-electron chi connectivity index (χ3n) is 3.02. The van der Waals surface area contributed by atoms with Crippen LogP contribution in [-0.2, 0) is 4.79 Å². The highest BCUT2D eigenvalue weighted by Crippen LogP contribution is 2.12. The van der Waals surface area contributed by atoms with Crippen molar-refractivity contribution < 1.29 is 4.79 Å². The topological polar surface area (TPSA) is 53.5 Å². The van der Waals surface area contributed by atoms with Crippen LogP contribution in [-0.4, -0.2) is 18.7 Å². The summed E-state index contributed by atoms with van der Waals surface area (Å²) >= 11 is 0. The molecule has 4 heteroatoms. The Hall–Kier alpha value is -2.88. The molecule has 0 fully saturated rings. The second kappa shape index (κ2) is 8.42. The van der Waals surface area contributed by atoms with E-state index in [1.165, 1.54) is 0 Å². The molecule has 1 amide bonds. The maximum atomic E-state index is 11.6. The molecule has 0 aliphatic rings. The van der Waals surface area contributed by atoms with Crippen LogP contribution in [0.2, 0.25) is 0 Å². The fourth-order valence-electron chi connectivity index (χ4n) is 1.86. The monoisotopic (exact) mass is 293 g/mol. The molecular formula is C18H19N3O. The van der Waals surface area contributed by atoms with Crippen LogP contribution in [0.4, 0.5) is 5.69 Å². The van der Waals surface area contributed by atoms with E-state index in [2.05, 4.69) is 15.8 Å². The van der Waals surface area contributed by atoms with Crippen LogP contribution in [0.3, 0.4) is 0 Å². The van der Waals surface area contributed by atoms with Crippen molar-refractivity contribution in [2.75, 3.05) is 11.9 Å². The number of hydrazone groups is 1. The van der Waals surface area contributed by atoms with E-state index in [0.29, 0.717) is 0 Å². The number of rotatable bonds is 6. The molecule has 0 radical (unpaired) electrons. The molecule has 0 aromatic heterocycles. The van der Waals surface area contributed by atoms with E-state index in [-0.39, 0.29) is 12.5 Å². The number of amides is 1. The number of hydrogen-bond donors (Lipinski definition) is 2. The normalized spacial score (nSPS) is 11.0. The highest BCUT2D eigenvalue weighted by atomic mass is 16.2. The molecule has 0 atom stereocenters. The van der Waals surface area contributed by atoms with Gasteiger partial charge < -0.3 is 5.32 Å². The summed E-state index contributed by atoms with van der Waals surface area (Å²) in [6.45, 7) is 2.18. The van der Waals surface area contributed by atoms with E-state index >= 15 is 0 Å². The first-order chi connectivity index (χ1) is 10.8. The lowest BCUT2D eigenvalue weighted by Gasteiger charge is -2.07. The summed E-state index contributed by atoms with van der Waals surface area (Å²) in [7, 11) is 0. The molecule has 0 spiro atoms. The molecule has 112 valence electrons. The maximum absolute atomic E-state index is 11.6. The van der Waals surface area contributed by atoms with E-state index in [9.17, 15) is 4.79 Å². The molecule has 0 saturated heterocycles. The molecule has 0 heterocycles. The Bertz CT molecular complexity index is 663. The molecule has 0 unspecified atom stereocenters. The number of aryl methyl sites for hydroxylation is 1. The number of nitrogens with zero attached hydrogens (tertiary/aromatic N) is 1. The second-order valence-electron chi connectivity index (χ2n) is 4.75. The molecular weight excluding hydrogens is 274 g/mol. The summed E-state index contributed by atoms with van der Waals surface area (Å²) in [6, 6.07) is 17.7. The average Bonchev–Trinajstić information content (AvgIpc) is 2.55. The largest absolute Gasteiger partial charge is 0.376 e.